The van der Waals surface area contributed by atoms with Crippen LogP contribution in [-0.2, 0) is 0 Å². The van der Waals surface area contributed by atoms with E-state index in [-0.39, 0.29) is 24.4 Å². The monoisotopic (exact) mass is 321 g/mol. The standard InChI is InChI=1S/C15H19N5O.ClH/c1-11-4-6-13(7-5-11)20-10-14(17-18-20)15(21)19-8-2-3-12(16)9-19;/h4-7,10,12H,2-3,8-9,16H2,1H3;1H. The third-order valence-electron chi connectivity index (χ3n) is 3.76. The first-order chi connectivity index (χ1) is 10.1. The van der Waals surface area contributed by atoms with E-state index in [0.717, 1.165) is 25.1 Å². The van der Waals surface area contributed by atoms with Crippen molar-refractivity contribution in [2.24, 2.45) is 5.73 Å². The molecule has 7 heteroatoms. The summed E-state index contributed by atoms with van der Waals surface area (Å²) in [5.41, 5.74) is 8.35. The lowest BCUT2D eigenvalue weighted by atomic mass is 10.1. The van der Waals surface area contributed by atoms with Crippen molar-refractivity contribution in [1.29, 1.82) is 0 Å². The van der Waals surface area contributed by atoms with Crippen molar-refractivity contribution in [3.05, 3.63) is 41.7 Å². The fourth-order valence-corrected chi connectivity index (χ4v) is 2.54. The van der Waals surface area contributed by atoms with Crippen molar-refractivity contribution in [1.82, 2.24) is 19.9 Å². The van der Waals surface area contributed by atoms with Crippen molar-refractivity contribution >= 4 is 18.3 Å². The number of aryl methyl sites for hydroxylation is 1. The summed E-state index contributed by atoms with van der Waals surface area (Å²) >= 11 is 0. The summed E-state index contributed by atoms with van der Waals surface area (Å²) in [7, 11) is 0. The van der Waals surface area contributed by atoms with Gasteiger partial charge < -0.3 is 10.6 Å². The summed E-state index contributed by atoms with van der Waals surface area (Å²) in [5, 5.41) is 8.04. The van der Waals surface area contributed by atoms with Crippen LogP contribution in [0.5, 0.6) is 0 Å². The molecule has 1 fully saturated rings. The van der Waals surface area contributed by atoms with Gasteiger partial charge in [0.05, 0.1) is 11.9 Å². The number of likely N-dealkylation sites (tertiary alicyclic amines) is 1. The Balaban J connectivity index is 0.00000176. The molecule has 0 saturated carbocycles. The molecule has 2 N–H and O–H groups in total. The predicted octanol–water partition coefficient (Wildman–Crippen LogP) is 1.56. The smallest absolute Gasteiger partial charge is 0.276 e. The zero-order valence-corrected chi connectivity index (χ0v) is 13.3. The fourth-order valence-electron chi connectivity index (χ4n) is 2.54. The van der Waals surface area contributed by atoms with Crippen molar-refractivity contribution in [2.45, 2.75) is 25.8 Å². The summed E-state index contributed by atoms with van der Waals surface area (Å²) in [6.45, 7) is 3.36. The summed E-state index contributed by atoms with van der Waals surface area (Å²) in [4.78, 5) is 14.2. The van der Waals surface area contributed by atoms with Crippen LogP contribution < -0.4 is 5.73 Å². The Kier molecular flexibility index (Phi) is 5.15. The lowest BCUT2D eigenvalue weighted by Gasteiger charge is -2.29. The molecule has 1 aromatic heterocycles. The van der Waals surface area contributed by atoms with Crippen LogP contribution in [0.2, 0.25) is 0 Å². The van der Waals surface area contributed by atoms with Crippen LogP contribution in [0.25, 0.3) is 5.69 Å². The quantitative estimate of drug-likeness (QED) is 0.910. The largest absolute Gasteiger partial charge is 0.336 e. The number of benzene rings is 1. The topological polar surface area (TPSA) is 77.0 Å². The Bertz CT molecular complexity index is 640. The number of halogens is 1. The molecule has 1 saturated heterocycles. The number of hydrogen-bond acceptors (Lipinski definition) is 4. The lowest BCUT2D eigenvalue weighted by Crippen LogP contribution is -2.45. The number of hydrogen-bond donors (Lipinski definition) is 1. The Morgan fingerprint density at radius 2 is 2.05 bits per heavy atom. The van der Waals surface area contributed by atoms with E-state index in [1.165, 1.54) is 5.56 Å². The maximum Gasteiger partial charge on any atom is 0.276 e. The second kappa shape index (κ2) is 6.89. The number of carbonyl (C=O) groups excluding carboxylic acids is 1. The third-order valence-corrected chi connectivity index (χ3v) is 3.76. The number of aromatic nitrogens is 3. The molecule has 1 amide bonds. The third kappa shape index (κ3) is 3.45. The average Bonchev–Trinajstić information content (AvgIpc) is 2.97. The van der Waals surface area contributed by atoms with Crippen molar-refractivity contribution in [3.8, 4) is 5.69 Å². The van der Waals surface area contributed by atoms with Gasteiger partial charge in [0.15, 0.2) is 5.69 Å². The Labute approximate surface area is 135 Å². The van der Waals surface area contributed by atoms with E-state index in [2.05, 4.69) is 10.3 Å². The molecule has 6 nitrogen and oxygen atoms in total. The van der Waals surface area contributed by atoms with E-state index in [4.69, 9.17) is 5.73 Å². The second-order valence-corrected chi connectivity index (χ2v) is 5.54. The van der Waals surface area contributed by atoms with Gasteiger partial charge in [0, 0.05) is 19.1 Å². The van der Waals surface area contributed by atoms with Gasteiger partial charge in [0.25, 0.3) is 5.91 Å². The van der Waals surface area contributed by atoms with Crippen molar-refractivity contribution in [3.63, 3.8) is 0 Å². The van der Waals surface area contributed by atoms with Gasteiger partial charge in [-0.3, -0.25) is 4.79 Å². The second-order valence-electron chi connectivity index (χ2n) is 5.54. The van der Waals surface area contributed by atoms with Crippen LogP contribution in [0.15, 0.2) is 30.5 Å². The minimum Gasteiger partial charge on any atom is -0.336 e. The van der Waals surface area contributed by atoms with Crippen LogP contribution in [0, 0.1) is 6.92 Å². The first-order valence-corrected chi connectivity index (χ1v) is 7.18. The van der Waals surface area contributed by atoms with Crippen molar-refractivity contribution < 1.29 is 4.79 Å². The molecule has 2 heterocycles. The van der Waals surface area contributed by atoms with Gasteiger partial charge in [0.2, 0.25) is 0 Å². The fraction of sp³-hybridized carbons (Fsp3) is 0.400. The molecule has 0 aliphatic carbocycles. The van der Waals surface area contributed by atoms with E-state index < -0.39 is 0 Å². The molecule has 0 spiro atoms. The highest BCUT2D eigenvalue weighted by Gasteiger charge is 2.24. The first kappa shape index (κ1) is 16.5. The van der Waals surface area contributed by atoms with Gasteiger partial charge in [-0.2, -0.15) is 0 Å². The molecule has 1 unspecified atom stereocenters. The lowest BCUT2D eigenvalue weighted by molar-refractivity contribution is 0.0702. The average molecular weight is 322 g/mol. The SMILES string of the molecule is Cc1ccc(-n2cc(C(=O)N3CCCC(N)C3)nn2)cc1.Cl. The highest BCUT2D eigenvalue weighted by Crippen LogP contribution is 2.13. The molecule has 1 aliphatic rings. The molecule has 1 aromatic carbocycles. The summed E-state index contributed by atoms with van der Waals surface area (Å²) < 4.78 is 1.62. The minimum atomic E-state index is -0.0940. The van der Waals surface area contributed by atoms with E-state index in [9.17, 15) is 4.79 Å². The normalized spacial score (nSPS) is 17.9. The first-order valence-electron chi connectivity index (χ1n) is 7.18. The predicted molar refractivity (Wildman–Crippen MR) is 86.5 cm³/mol. The van der Waals surface area contributed by atoms with Crippen LogP contribution in [0.1, 0.15) is 28.9 Å². The maximum absolute atomic E-state index is 12.4. The van der Waals surface area contributed by atoms with E-state index in [1.807, 2.05) is 31.2 Å². The van der Waals surface area contributed by atoms with Gasteiger partial charge in [-0.1, -0.05) is 22.9 Å². The number of amides is 1. The number of carbonyl (C=O) groups is 1. The van der Waals surface area contributed by atoms with E-state index in [0.29, 0.717) is 12.2 Å². The zero-order valence-electron chi connectivity index (χ0n) is 12.5. The van der Waals surface area contributed by atoms with Crippen molar-refractivity contribution in [2.75, 3.05) is 13.1 Å². The van der Waals surface area contributed by atoms with Gasteiger partial charge in [0.1, 0.15) is 0 Å². The van der Waals surface area contributed by atoms with E-state index in [1.54, 1.807) is 15.8 Å². The summed E-state index contributed by atoms with van der Waals surface area (Å²) in [6.07, 6.45) is 3.59. The van der Waals surface area contributed by atoms with Gasteiger partial charge in [-0.25, -0.2) is 4.68 Å². The van der Waals surface area contributed by atoms with Gasteiger partial charge in [-0.05, 0) is 31.9 Å². The molecule has 0 radical (unpaired) electrons. The zero-order chi connectivity index (χ0) is 14.8. The molecule has 22 heavy (non-hydrogen) atoms. The minimum absolute atomic E-state index is 0. The Hall–Kier alpha value is -1.92. The van der Waals surface area contributed by atoms with Gasteiger partial charge >= 0.3 is 0 Å². The summed E-state index contributed by atoms with van der Waals surface area (Å²) in [5.74, 6) is -0.0940. The number of nitrogens with two attached hydrogens (primary N) is 1. The number of piperidine rings is 1. The molecule has 1 atom stereocenters. The molecule has 0 bridgehead atoms. The highest BCUT2D eigenvalue weighted by molar-refractivity contribution is 5.92. The van der Waals surface area contributed by atoms with E-state index >= 15 is 0 Å². The Morgan fingerprint density at radius 3 is 2.73 bits per heavy atom. The highest BCUT2D eigenvalue weighted by atomic mass is 35.5. The van der Waals surface area contributed by atoms with Crippen LogP contribution in [0.4, 0.5) is 0 Å². The summed E-state index contributed by atoms with van der Waals surface area (Å²) in [6, 6.07) is 7.98. The molecule has 3 rings (SSSR count). The van der Waals surface area contributed by atoms with Gasteiger partial charge in [-0.15, -0.1) is 17.5 Å². The van der Waals surface area contributed by atoms with Crippen LogP contribution in [0.3, 0.4) is 0 Å². The van der Waals surface area contributed by atoms with Crippen LogP contribution >= 0.6 is 12.4 Å². The Morgan fingerprint density at radius 1 is 1.32 bits per heavy atom. The molecular weight excluding hydrogens is 302 g/mol. The number of rotatable bonds is 2. The van der Waals surface area contributed by atoms with Crippen LogP contribution in [-0.4, -0.2) is 44.9 Å². The maximum atomic E-state index is 12.4. The molecule has 118 valence electrons. The molecule has 1 aliphatic heterocycles. The molecule has 2 aromatic rings. The molecular formula is C15H20ClN5O. The number of nitrogens with zero attached hydrogens (tertiary/aromatic N) is 4.